The molecule has 0 unspecified atom stereocenters. The highest BCUT2D eigenvalue weighted by Gasteiger charge is 2.13. The van der Waals surface area contributed by atoms with Gasteiger partial charge in [0.25, 0.3) is 5.56 Å². The SMILES string of the molecule is O=c1[nH]c2c(O)cccc2c(=O)n1-c1ccccc1Cl. The highest BCUT2D eigenvalue weighted by Crippen LogP contribution is 2.20. The molecule has 0 saturated carbocycles. The average Bonchev–Trinajstić information content (AvgIpc) is 2.42. The van der Waals surface area contributed by atoms with E-state index in [0.29, 0.717) is 10.7 Å². The summed E-state index contributed by atoms with van der Waals surface area (Å²) in [4.78, 5) is 27.0. The van der Waals surface area contributed by atoms with Crippen LogP contribution in [0, 0.1) is 0 Å². The standard InChI is InChI=1S/C14H9ClN2O3/c15-9-5-1-2-6-10(9)17-13(19)8-4-3-7-11(18)12(8)16-14(17)20/h1-7,18H,(H,16,20). The van der Waals surface area contributed by atoms with Gasteiger partial charge in [0.2, 0.25) is 0 Å². The smallest absolute Gasteiger partial charge is 0.333 e. The molecule has 0 atom stereocenters. The van der Waals surface area contributed by atoms with Crippen LogP contribution in [0.2, 0.25) is 5.02 Å². The van der Waals surface area contributed by atoms with Crippen LogP contribution in [0.1, 0.15) is 0 Å². The monoisotopic (exact) mass is 288 g/mol. The third-order valence-electron chi connectivity index (χ3n) is 3.00. The second-order valence-corrected chi connectivity index (χ2v) is 4.63. The first kappa shape index (κ1) is 12.5. The molecule has 0 aliphatic heterocycles. The van der Waals surface area contributed by atoms with Crippen molar-refractivity contribution in [3.05, 3.63) is 68.3 Å². The molecular weight excluding hydrogens is 280 g/mol. The van der Waals surface area contributed by atoms with Crippen molar-refractivity contribution in [2.24, 2.45) is 0 Å². The molecule has 0 aliphatic carbocycles. The number of aromatic nitrogens is 2. The fraction of sp³-hybridized carbons (Fsp3) is 0. The zero-order valence-corrected chi connectivity index (χ0v) is 10.9. The van der Waals surface area contributed by atoms with E-state index in [-0.39, 0.29) is 16.7 Å². The Bertz CT molecular complexity index is 928. The van der Waals surface area contributed by atoms with Gasteiger partial charge in [-0.15, -0.1) is 0 Å². The number of hydrogen-bond donors (Lipinski definition) is 2. The summed E-state index contributed by atoms with van der Waals surface area (Å²) < 4.78 is 0.949. The van der Waals surface area contributed by atoms with Gasteiger partial charge in [-0.3, -0.25) is 4.79 Å². The topological polar surface area (TPSA) is 75.1 Å². The van der Waals surface area contributed by atoms with Gasteiger partial charge in [-0.1, -0.05) is 29.8 Å². The quantitative estimate of drug-likeness (QED) is 0.719. The van der Waals surface area contributed by atoms with Crippen LogP contribution in [-0.2, 0) is 0 Å². The Kier molecular flexibility index (Phi) is 2.84. The predicted molar refractivity (Wildman–Crippen MR) is 76.8 cm³/mol. The minimum atomic E-state index is -0.655. The third-order valence-corrected chi connectivity index (χ3v) is 3.32. The molecule has 20 heavy (non-hydrogen) atoms. The van der Waals surface area contributed by atoms with Gasteiger partial charge in [0.05, 0.1) is 21.6 Å². The lowest BCUT2D eigenvalue weighted by molar-refractivity contribution is 0.480. The molecule has 0 spiro atoms. The number of phenols is 1. The number of aromatic hydroxyl groups is 1. The minimum absolute atomic E-state index is 0.116. The maximum atomic E-state index is 12.4. The first-order valence-corrected chi connectivity index (χ1v) is 6.19. The Morgan fingerprint density at radius 1 is 1.05 bits per heavy atom. The average molecular weight is 289 g/mol. The Hall–Kier alpha value is -2.53. The summed E-state index contributed by atoms with van der Waals surface area (Å²) in [5.74, 6) is -0.150. The second kappa shape index (κ2) is 4.54. The number of aromatic amines is 1. The zero-order chi connectivity index (χ0) is 14.3. The number of halogens is 1. The van der Waals surface area contributed by atoms with E-state index in [1.165, 1.54) is 18.2 Å². The van der Waals surface area contributed by atoms with Crippen molar-refractivity contribution < 1.29 is 5.11 Å². The van der Waals surface area contributed by atoms with E-state index in [0.717, 1.165) is 4.57 Å². The summed E-state index contributed by atoms with van der Waals surface area (Å²) in [5.41, 5.74) is -0.777. The molecule has 0 radical (unpaired) electrons. The molecule has 1 aromatic heterocycles. The molecule has 1 heterocycles. The summed E-state index contributed by atoms with van der Waals surface area (Å²) in [6.07, 6.45) is 0. The number of nitrogens with one attached hydrogen (secondary N) is 1. The van der Waals surface area contributed by atoms with Gasteiger partial charge in [0.15, 0.2) is 0 Å². The molecule has 0 amide bonds. The number of phenolic OH excluding ortho intramolecular Hbond substituents is 1. The Labute approximate surface area is 117 Å². The number of H-pyrrole nitrogens is 1. The highest BCUT2D eigenvalue weighted by molar-refractivity contribution is 6.32. The molecule has 5 nitrogen and oxygen atoms in total. The first-order chi connectivity index (χ1) is 9.59. The highest BCUT2D eigenvalue weighted by atomic mass is 35.5. The van der Waals surface area contributed by atoms with E-state index in [1.807, 2.05) is 0 Å². The van der Waals surface area contributed by atoms with Gasteiger partial charge in [-0.2, -0.15) is 0 Å². The predicted octanol–water partition coefficient (Wildman–Crippen LogP) is 2.04. The van der Waals surface area contributed by atoms with Crippen LogP contribution in [0.25, 0.3) is 16.6 Å². The van der Waals surface area contributed by atoms with E-state index in [1.54, 1.807) is 24.3 Å². The largest absolute Gasteiger partial charge is 0.506 e. The lowest BCUT2D eigenvalue weighted by Crippen LogP contribution is -2.33. The molecular formula is C14H9ClN2O3. The summed E-state index contributed by atoms with van der Waals surface area (Å²) in [6.45, 7) is 0. The molecule has 100 valence electrons. The zero-order valence-electron chi connectivity index (χ0n) is 10.1. The molecule has 0 fully saturated rings. The fourth-order valence-corrected chi connectivity index (χ4v) is 2.30. The van der Waals surface area contributed by atoms with E-state index in [4.69, 9.17) is 11.6 Å². The van der Waals surface area contributed by atoms with E-state index in [9.17, 15) is 14.7 Å². The fourth-order valence-electron chi connectivity index (χ4n) is 2.08. The van der Waals surface area contributed by atoms with Crippen LogP contribution >= 0.6 is 11.6 Å². The van der Waals surface area contributed by atoms with Crippen LogP contribution in [-0.4, -0.2) is 14.7 Å². The van der Waals surface area contributed by atoms with Gasteiger partial charge in [0.1, 0.15) is 5.75 Å². The summed E-state index contributed by atoms with van der Waals surface area (Å²) >= 11 is 6.02. The van der Waals surface area contributed by atoms with Crippen molar-refractivity contribution in [3.63, 3.8) is 0 Å². The molecule has 0 bridgehead atoms. The van der Waals surface area contributed by atoms with Gasteiger partial charge in [-0.05, 0) is 24.3 Å². The van der Waals surface area contributed by atoms with Crippen molar-refractivity contribution in [2.75, 3.05) is 0 Å². The van der Waals surface area contributed by atoms with Crippen LogP contribution in [0.4, 0.5) is 0 Å². The number of benzene rings is 2. The summed E-state index contributed by atoms with van der Waals surface area (Å²) in [5, 5.41) is 10.2. The number of rotatable bonds is 1. The van der Waals surface area contributed by atoms with Crippen LogP contribution in [0.5, 0.6) is 5.75 Å². The van der Waals surface area contributed by atoms with Crippen molar-refractivity contribution in [1.82, 2.24) is 9.55 Å². The van der Waals surface area contributed by atoms with Crippen molar-refractivity contribution in [1.29, 1.82) is 0 Å². The second-order valence-electron chi connectivity index (χ2n) is 4.22. The Balaban J connectivity index is 2.48. The first-order valence-electron chi connectivity index (χ1n) is 5.81. The van der Waals surface area contributed by atoms with Gasteiger partial charge in [-0.25, -0.2) is 9.36 Å². The van der Waals surface area contributed by atoms with E-state index < -0.39 is 11.2 Å². The third kappa shape index (κ3) is 1.80. The van der Waals surface area contributed by atoms with E-state index >= 15 is 0 Å². The van der Waals surface area contributed by atoms with Crippen LogP contribution in [0.3, 0.4) is 0 Å². The van der Waals surface area contributed by atoms with Gasteiger partial charge in [0, 0.05) is 0 Å². The van der Waals surface area contributed by atoms with Crippen molar-refractivity contribution in [3.8, 4) is 11.4 Å². The molecule has 0 aliphatic rings. The number of para-hydroxylation sites is 2. The Morgan fingerprint density at radius 2 is 1.80 bits per heavy atom. The molecule has 2 N–H and O–H groups in total. The van der Waals surface area contributed by atoms with Crippen molar-refractivity contribution in [2.45, 2.75) is 0 Å². The molecule has 3 rings (SSSR count). The summed E-state index contributed by atoms with van der Waals surface area (Å²) in [7, 11) is 0. The minimum Gasteiger partial charge on any atom is -0.506 e. The molecule has 3 aromatic rings. The molecule has 6 heteroatoms. The van der Waals surface area contributed by atoms with Crippen LogP contribution < -0.4 is 11.2 Å². The normalized spacial score (nSPS) is 10.8. The number of nitrogens with zero attached hydrogens (tertiary/aromatic N) is 1. The molecule has 2 aromatic carbocycles. The summed E-state index contributed by atoms with van der Waals surface area (Å²) in [6, 6.07) is 11.0. The van der Waals surface area contributed by atoms with Crippen LogP contribution in [0.15, 0.2) is 52.1 Å². The maximum Gasteiger partial charge on any atom is 0.333 e. The van der Waals surface area contributed by atoms with E-state index in [2.05, 4.69) is 4.98 Å². The number of hydrogen-bond acceptors (Lipinski definition) is 3. The maximum absolute atomic E-state index is 12.4. The number of fused-ring (bicyclic) bond motifs is 1. The van der Waals surface area contributed by atoms with Gasteiger partial charge >= 0.3 is 5.69 Å². The van der Waals surface area contributed by atoms with Gasteiger partial charge < -0.3 is 10.1 Å². The molecule has 0 saturated heterocycles. The lowest BCUT2D eigenvalue weighted by atomic mass is 10.2. The van der Waals surface area contributed by atoms with Crippen molar-refractivity contribution >= 4 is 22.5 Å². The lowest BCUT2D eigenvalue weighted by Gasteiger charge is -2.08. The Morgan fingerprint density at radius 3 is 2.55 bits per heavy atom.